The fraction of sp³-hybridized carbons (Fsp3) is 0.250. The second-order valence-electron chi connectivity index (χ2n) is 4.03. The number of rotatable bonds is 1. The largest absolute Gasteiger partial charge is 0.506 e. The number of hydrogen-bond acceptors (Lipinski definition) is 4. The van der Waals surface area contributed by atoms with Gasteiger partial charge >= 0.3 is 0 Å². The third kappa shape index (κ3) is 1.80. The van der Waals surface area contributed by atoms with Gasteiger partial charge in [0, 0.05) is 11.6 Å². The van der Waals surface area contributed by atoms with Gasteiger partial charge in [-0.3, -0.25) is 0 Å². The molecule has 1 aromatic heterocycles. The quantitative estimate of drug-likeness (QED) is 0.847. The predicted octanol–water partition coefficient (Wildman–Crippen LogP) is 3.32. The van der Waals surface area contributed by atoms with E-state index in [0.29, 0.717) is 16.1 Å². The summed E-state index contributed by atoms with van der Waals surface area (Å²) in [6.45, 7) is 5.70. The predicted molar refractivity (Wildman–Crippen MR) is 69.9 cm³/mol. The molecule has 0 bridgehead atoms. The highest BCUT2D eigenvalue weighted by Gasteiger charge is 2.19. The second kappa shape index (κ2) is 4.07. The van der Waals surface area contributed by atoms with Crippen molar-refractivity contribution in [1.29, 1.82) is 0 Å². The number of anilines is 1. The number of hydrogen-bond donors (Lipinski definition) is 2. The monoisotopic (exact) mass is 296 g/mol. The number of phenols is 1. The van der Waals surface area contributed by atoms with E-state index in [9.17, 15) is 5.11 Å². The molecule has 1 aromatic carbocycles. The van der Waals surface area contributed by atoms with Crippen LogP contribution in [0.2, 0.25) is 0 Å². The summed E-state index contributed by atoms with van der Waals surface area (Å²) in [4.78, 5) is 0. The summed E-state index contributed by atoms with van der Waals surface area (Å²) in [5, 5.41) is 13.6. The molecule has 0 aliphatic carbocycles. The molecule has 0 aliphatic rings. The molecule has 5 heteroatoms. The van der Waals surface area contributed by atoms with E-state index in [2.05, 4.69) is 21.1 Å². The summed E-state index contributed by atoms with van der Waals surface area (Å²) < 4.78 is 5.86. The molecule has 3 N–H and O–H groups in total. The van der Waals surface area contributed by atoms with Gasteiger partial charge in [0.05, 0.1) is 4.47 Å². The Morgan fingerprint density at radius 1 is 1.24 bits per heavy atom. The molecule has 0 aliphatic heterocycles. The minimum Gasteiger partial charge on any atom is -0.506 e. The van der Waals surface area contributed by atoms with E-state index in [-0.39, 0.29) is 5.75 Å². The van der Waals surface area contributed by atoms with Crippen molar-refractivity contribution < 1.29 is 9.63 Å². The number of nitrogens with zero attached hydrogens (tertiary/aromatic N) is 1. The van der Waals surface area contributed by atoms with Crippen LogP contribution in [0, 0.1) is 20.8 Å². The third-order valence-corrected chi connectivity index (χ3v) is 3.95. The van der Waals surface area contributed by atoms with Crippen LogP contribution < -0.4 is 5.73 Å². The van der Waals surface area contributed by atoms with Crippen LogP contribution >= 0.6 is 15.9 Å². The van der Waals surface area contributed by atoms with Crippen LogP contribution in [-0.2, 0) is 0 Å². The first-order valence-corrected chi connectivity index (χ1v) is 5.93. The van der Waals surface area contributed by atoms with Gasteiger partial charge in [0.15, 0.2) is 11.6 Å². The number of phenolic OH excluding ortho intramolecular Hbond substituents is 1. The maximum Gasteiger partial charge on any atom is 0.169 e. The molecule has 0 unspecified atom stereocenters. The van der Waals surface area contributed by atoms with Gasteiger partial charge in [0.25, 0.3) is 0 Å². The van der Waals surface area contributed by atoms with Crippen molar-refractivity contribution in [2.24, 2.45) is 0 Å². The van der Waals surface area contributed by atoms with Crippen LogP contribution in [0.5, 0.6) is 5.75 Å². The van der Waals surface area contributed by atoms with Crippen molar-refractivity contribution in [2.45, 2.75) is 20.8 Å². The first-order chi connectivity index (χ1) is 7.93. The van der Waals surface area contributed by atoms with Gasteiger partial charge in [-0.2, -0.15) is 0 Å². The van der Waals surface area contributed by atoms with E-state index < -0.39 is 0 Å². The topological polar surface area (TPSA) is 72.3 Å². The molecule has 0 radical (unpaired) electrons. The maximum absolute atomic E-state index is 9.93. The van der Waals surface area contributed by atoms with Crippen LogP contribution in [0.1, 0.15) is 16.7 Å². The van der Waals surface area contributed by atoms with E-state index >= 15 is 0 Å². The van der Waals surface area contributed by atoms with Crippen molar-refractivity contribution in [3.63, 3.8) is 0 Å². The van der Waals surface area contributed by atoms with Crippen molar-refractivity contribution in [3.05, 3.63) is 27.2 Å². The molecule has 0 saturated carbocycles. The Morgan fingerprint density at radius 3 is 2.41 bits per heavy atom. The lowest BCUT2D eigenvalue weighted by molar-refractivity contribution is 0.434. The molecule has 2 rings (SSSR count). The zero-order valence-electron chi connectivity index (χ0n) is 9.84. The van der Waals surface area contributed by atoms with Crippen LogP contribution in [0.25, 0.3) is 11.3 Å². The lowest BCUT2D eigenvalue weighted by Gasteiger charge is -2.14. The Kier molecular flexibility index (Phi) is 2.87. The van der Waals surface area contributed by atoms with Gasteiger partial charge in [-0.1, -0.05) is 5.16 Å². The molecular formula is C12H13BrN2O2. The minimum absolute atomic E-state index is 0.260. The lowest BCUT2D eigenvalue weighted by Crippen LogP contribution is -1.93. The summed E-state index contributed by atoms with van der Waals surface area (Å²) >= 11 is 3.38. The number of nitrogen functional groups attached to an aromatic ring is 1. The Hall–Kier alpha value is -1.49. The fourth-order valence-electron chi connectivity index (χ4n) is 1.87. The number of nitrogens with two attached hydrogens (primary N) is 1. The molecule has 0 fully saturated rings. The number of aromatic nitrogens is 1. The normalized spacial score (nSPS) is 10.8. The van der Waals surface area contributed by atoms with Gasteiger partial charge < -0.3 is 15.4 Å². The minimum atomic E-state index is 0.260. The SMILES string of the molecule is Cc1c(C)c(-c2cc(N)no2)c(C)c(Br)c1O. The maximum atomic E-state index is 9.93. The molecule has 0 atom stereocenters. The molecule has 0 spiro atoms. The van der Waals surface area contributed by atoms with Gasteiger partial charge in [-0.15, -0.1) is 0 Å². The average molecular weight is 297 g/mol. The van der Waals surface area contributed by atoms with E-state index in [1.807, 2.05) is 20.8 Å². The van der Waals surface area contributed by atoms with Crippen molar-refractivity contribution in [3.8, 4) is 17.1 Å². The zero-order chi connectivity index (χ0) is 12.7. The van der Waals surface area contributed by atoms with Gasteiger partial charge in [-0.25, -0.2) is 0 Å². The van der Waals surface area contributed by atoms with E-state index in [0.717, 1.165) is 22.3 Å². The Labute approximate surface area is 108 Å². The summed E-state index contributed by atoms with van der Waals surface area (Å²) in [6, 6.07) is 1.68. The highest BCUT2D eigenvalue weighted by atomic mass is 79.9. The van der Waals surface area contributed by atoms with Crippen molar-refractivity contribution >= 4 is 21.7 Å². The van der Waals surface area contributed by atoms with Crippen LogP contribution in [-0.4, -0.2) is 10.3 Å². The van der Waals surface area contributed by atoms with Crippen molar-refractivity contribution in [1.82, 2.24) is 5.16 Å². The number of benzene rings is 1. The van der Waals surface area contributed by atoms with Gasteiger partial charge in [-0.05, 0) is 53.4 Å². The summed E-state index contributed by atoms with van der Waals surface area (Å²) in [7, 11) is 0. The van der Waals surface area contributed by atoms with Gasteiger partial charge in [0.2, 0.25) is 0 Å². The molecule has 17 heavy (non-hydrogen) atoms. The van der Waals surface area contributed by atoms with E-state index in [4.69, 9.17) is 10.3 Å². The Bertz CT molecular complexity index is 561. The Balaban J connectivity index is 2.78. The molecule has 2 aromatic rings. The molecule has 4 nitrogen and oxygen atoms in total. The standard InChI is InChI=1S/C12H13BrN2O2/c1-5-6(2)12(16)11(13)7(3)10(5)8-4-9(14)15-17-8/h4,16H,1-3H3,(H2,14,15). The molecule has 0 saturated heterocycles. The zero-order valence-corrected chi connectivity index (χ0v) is 11.4. The van der Waals surface area contributed by atoms with Crippen LogP contribution in [0.3, 0.4) is 0 Å². The first kappa shape index (κ1) is 12.0. The summed E-state index contributed by atoms with van der Waals surface area (Å²) in [5.41, 5.74) is 9.14. The number of aromatic hydroxyl groups is 1. The molecule has 1 heterocycles. The first-order valence-electron chi connectivity index (χ1n) is 5.14. The van der Waals surface area contributed by atoms with E-state index in [1.54, 1.807) is 6.07 Å². The van der Waals surface area contributed by atoms with E-state index in [1.165, 1.54) is 0 Å². The van der Waals surface area contributed by atoms with Gasteiger partial charge in [0.1, 0.15) is 5.75 Å². The third-order valence-electron chi connectivity index (χ3n) is 2.98. The smallest absolute Gasteiger partial charge is 0.169 e. The van der Waals surface area contributed by atoms with Crippen LogP contribution in [0.4, 0.5) is 5.82 Å². The second-order valence-corrected chi connectivity index (χ2v) is 4.82. The lowest BCUT2D eigenvalue weighted by atomic mass is 9.95. The highest BCUT2D eigenvalue weighted by Crippen LogP contribution is 2.41. The molecule has 90 valence electrons. The highest BCUT2D eigenvalue weighted by molar-refractivity contribution is 9.10. The molecule has 0 amide bonds. The van der Waals surface area contributed by atoms with Crippen LogP contribution in [0.15, 0.2) is 15.1 Å². The fourth-order valence-corrected chi connectivity index (χ4v) is 2.37. The summed E-state index contributed by atoms with van der Waals surface area (Å²) in [6.07, 6.45) is 0. The Morgan fingerprint density at radius 2 is 1.88 bits per heavy atom. The summed E-state index contributed by atoms with van der Waals surface area (Å²) in [5.74, 6) is 1.22. The average Bonchev–Trinajstić information content (AvgIpc) is 2.71. The number of halogens is 1. The van der Waals surface area contributed by atoms with Crippen molar-refractivity contribution in [2.75, 3.05) is 5.73 Å². The molecular weight excluding hydrogens is 284 g/mol.